The Bertz CT molecular complexity index is 1200. The van der Waals surface area contributed by atoms with Crippen molar-refractivity contribution in [3.63, 3.8) is 0 Å². The van der Waals surface area contributed by atoms with E-state index in [1.165, 1.54) is 0 Å². The van der Waals surface area contributed by atoms with Gasteiger partial charge >= 0.3 is 11.6 Å². The monoisotopic (exact) mass is 414 g/mol. The summed E-state index contributed by atoms with van der Waals surface area (Å²) >= 11 is 6.34. The molecule has 148 valence electrons. The van der Waals surface area contributed by atoms with Crippen LogP contribution < -0.4 is 19.8 Å². The third-order valence-electron chi connectivity index (χ3n) is 4.99. The van der Waals surface area contributed by atoms with Gasteiger partial charge in [0.05, 0.1) is 28.5 Å². The van der Waals surface area contributed by atoms with Crippen LogP contribution in [0.15, 0.2) is 45.6 Å². The van der Waals surface area contributed by atoms with E-state index in [0.717, 1.165) is 0 Å². The summed E-state index contributed by atoms with van der Waals surface area (Å²) in [6.45, 7) is 1.93. The van der Waals surface area contributed by atoms with E-state index < -0.39 is 23.6 Å². The van der Waals surface area contributed by atoms with Crippen molar-refractivity contribution in [1.82, 2.24) is 0 Å². The van der Waals surface area contributed by atoms with Crippen LogP contribution in [0.25, 0.3) is 11.0 Å². The molecule has 0 amide bonds. The van der Waals surface area contributed by atoms with Gasteiger partial charge in [-0.3, -0.25) is 0 Å². The van der Waals surface area contributed by atoms with Gasteiger partial charge < -0.3 is 23.4 Å². The molecule has 7 nitrogen and oxygen atoms in total. The summed E-state index contributed by atoms with van der Waals surface area (Å²) in [5.74, 6) is -0.168. The fraction of sp³-hybridized carbons (Fsp3) is 0.238. The van der Waals surface area contributed by atoms with E-state index in [9.17, 15) is 9.59 Å². The van der Waals surface area contributed by atoms with E-state index in [2.05, 4.69) is 0 Å². The van der Waals surface area contributed by atoms with Crippen LogP contribution in [-0.2, 0) is 9.53 Å². The standard InChI is InChI=1S/C21H15ClO7/c1-2-25-21(24)19-15(10-7-12(22)18-14(8-10)26-9-27-18)16-17(29-19)11-5-3-4-6-13(11)28-20(16)23/h3-8,15,19H,2,9H2,1H3/t15-,19-/m0/s1. The third-order valence-corrected chi connectivity index (χ3v) is 5.27. The minimum absolute atomic E-state index is 0.0460. The predicted molar refractivity (Wildman–Crippen MR) is 103 cm³/mol. The fourth-order valence-electron chi connectivity index (χ4n) is 3.79. The summed E-state index contributed by atoms with van der Waals surface area (Å²) in [7, 11) is 0. The molecule has 0 saturated heterocycles. The molecule has 3 aromatic rings. The zero-order valence-electron chi connectivity index (χ0n) is 15.3. The van der Waals surface area contributed by atoms with Crippen LogP contribution in [0.2, 0.25) is 5.02 Å². The molecule has 0 unspecified atom stereocenters. The van der Waals surface area contributed by atoms with E-state index >= 15 is 0 Å². The first kappa shape index (κ1) is 17.9. The van der Waals surface area contributed by atoms with Gasteiger partial charge in [0.2, 0.25) is 12.9 Å². The normalized spacial score (nSPS) is 19.1. The molecule has 5 rings (SSSR count). The van der Waals surface area contributed by atoms with E-state index in [0.29, 0.717) is 38.8 Å². The number of rotatable bonds is 3. The van der Waals surface area contributed by atoms with Crippen LogP contribution in [0.1, 0.15) is 24.0 Å². The molecule has 2 atom stereocenters. The number of para-hydroxylation sites is 1. The number of esters is 1. The van der Waals surface area contributed by atoms with Crippen molar-refractivity contribution in [3.05, 3.63) is 63.0 Å². The Kier molecular flexibility index (Phi) is 4.13. The van der Waals surface area contributed by atoms with Gasteiger partial charge in [-0.2, -0.15) is 0 Å². The van der Waals surface area contributed by atoms with Crippen molar-refractivity contribution >= 4 is 28.5 Å². The highest BCUT2D eigenvalue weighted by molar-refractivity contribution is 6.32. The largest absolute Gasteiger partial charge is 0.476 e. The van der Waals surface area contributed by atoms with Crippen molar-refractivity contribution in [2.24, 2.45) is 0 Å². The second kappa shape index (κ2) is 6.70. The molecule has 0 spiro atoms. The highest BCUT2D eigenvalue weighted by atomic mass is 35.5. The number of benzene rings is 2. The molecule has 0 radical (unpaired) electrons. The van der Waals surface area contributed by atoms with Crippen LogP contribution in [-0.4, -0.2) is 25.5 Å². The molecular formula is C21H15ClO7. The van der Waals surface area contributed by atoms with Crippen molar-refractivity contribution < 1.29 is 28.2 Å². The molecular weight excluding hydrogens is 400 g/mol. The van der Waals surface area contributed by atoms with Gasteiger partial charge in [-0.05, 0) is 36.8 Å². The van der Waals surface area contributed by atoms with Gasteiger partial charge in [0.25, 0.3) is 0 Å². The van der Waals surface area contributed by atoms with Gasteiger partial charge in [0.15, 0.2) is 11.5 Å². The predicted octanol–water partition coefficient (Wildman–Crippen LogP) is 3.63. The van der Waals surface area contributed by atoms with E-state index in [1.807, 2.05) is 0 Å². The topological polar surface area (TPSA) is 84.2 Å². The number of ether oxygens (including phenoxy) is 4. The van der Waals surface area contributed by atoms with Gasteiger partial charge in [0.1, 0.15) is 11.3 Å². The molecule has 3 heterocycles. The maximum atomic E-state index is 12.9. The molecule has 8 heteroatoms. The summed E-state index contributed by atoms with van der Waals surface area (Å²) in [6, 6.07) is 10.3. The number of hydrogen-bond donors (Lipinski definition) is 0. The molecule has 1 aromatic heterocycles. The molecule has 0 fully saturated rings. The smallest absolute Gasteiger partial charge is 0.348 e. The Hall–Kier alpha value is -3.19. The van der Waals surface area contributed by atoms with Crippen molar-refractivity contribution in [2.75, 3.05) is 13.4 Å². The Morgan fingerprint density at radius 3 is 2.86 bits per heavy atom. The minimum atomic E-state index is -1.06. The summed E-state index contributed by atoms with van der Waals surface area (Å²) in [6.07, 6.45) is -1.06. The maximum absolute atomic E-state index is 12.9. The second-order valence-corrected chi connectivity index (χ2v) is 7.04. The highest BCUT2D eigenvalue weighted by Gasteiger charge is 2.45. The Labute approximate surface area is 169 Å². The lowest BCUT2D eigenvalue weighted by Crippen LogP contribution is -2.32. The second-order valence-electron chi connectivity index (χ2n) is 6.63. The molecule has 0 N–H and O–H groups in total. The van der Waals surface area contributed by atoms with Crippen LogP contribution in [0.5, 0.6) is 17.2 Å². The van der Waals surface area contributed by atoms with Gasteiger partial charge in [0, 0.05) is 0 Å². The molecule has 2 aliphatic heterocycles. The average molecular weight is 415 g/mol. The SMILES string of the molecule is CCOC(=O)[C@H]1Oc2c(c(=O)oc3ccccc23)[C@@H]1c1cc(Cl)c2c(c1)OCO2. The summed E-state index contributed by atoms with van der Waals surface area (Å²) in [5.41, 5.74) is 0.614. The molecule has 2 aromatic carbocycles. The first-order valence-electron chi connectivity index (χ1n) is 9.06. The van der Waals surface area contributed by atoms with E-state index in [4.69, 9.17) is 35.0 Å². The average Bonchev–Trinajstić information content (AvgIpc) is 3.33. The van der Waals surface area contributed by atoms with E-state index in [-0.39, 0.29) is 19.0 Å². The number of carbonyl (C=O) groups is 1. The Morgan fingerprint density at radius 2 is 2.03 bits per heavy atom. The molecule has 0 bridgehead atoms. The summed E-state index contributed by atoms with van der Waals surface area (Å²) in [5, 5.41) is 0.918. The lowest BCUT2D eigenvalue weighted by Gasteiger charge is -2.18. The first-order chi connectivity index (χ1) is 14.1. The number of halogens is 1. The Morgan fingerprint density at radius 1 is 1.21 bits per heavy atom. The lowest BCUT2D eigenvalue weighted by atomic mass is 9.88. The van der Waals surface area contributed by atoms with Gasteiger partial charge in [-0.1, -0.05) is 23.7 Å². The summed E-state index contributed by atoms with van der Waals surface area (Å²) in [4.78, 5) is 25.6. The third kappa shape index (κ3) is 2.73. The maximum Gasteiger partial charge on any atom is 0.348 e. The van der Waals surface area contributed by atoms with Crippen molar-refractivity contribution in [3.8, 4) is 17.2 Å². The van der Waals surface area contributed by atoms with Crippen LogP contribution in [0, 0.1) is 0 Å². The van der Waals surface area contributed by atoms with Crippen molar-refractivity contribution in [1.29, 1.82) is 0 Å². The molecule has 29 heavy (non-hydrogen) atoms. The van der Waals surface area contributed by atoms with Crippen LogP contribution in [0.4, 0.5) is 0 Å². The zero-order valence-corrected chi connectivity index (χ0v) is 16.0. The Balaban J connectivity index is 1.74. The van der Waals surface area contributed by atoms with Crippen LogP contribution in [0.3, 0.4) is 0 Å². The fourth-order valence-corrected chi connectivity index (χ4v) is 4.07. The lowest BCUT2D eigenvalue weighted by molar-refractivity contribution is -0.151. The first-order valence-corrected chi connectivity index (χ1v) is 9.44. The highest BCUT2D eigenvalue weighted by Crippen LogP contribution is 2.48. The number of fused-ring (bicyclic) bond motifs is 4. The quantitative estimate of drug-likeness (QED) is 0.478. The number of hydrogen-bond acceptors (Lipinski definition) is 7. The zero-order chi connectivity index (χ0) is 20.1. The molecule has 2 aliphatic rings. The van der Waals surface area contributed by atoms with Crippen LogP contribution >= 0.6 is 11.6 Å². The summed E-state index contributed by atoms with van der Waals surface area (Å²) < 4.78 is 27.5. The minimum Gasteiger partial charge on any atom is -0.476 e. The molecule has 0 aliphatic carbocycles. The molecule has 0 saturated carbocycles. The van der Waals surface area contributed by atoms with Gasteiger partial charge in [-0.15, -0.1) is 0 Å². The van der Waals surface area contributed by atoms with Gasteiger partial charge in [-0.25, -0.2) is 9.59 Å². The van der Waals surface area contributed by atoms with E-state index in [1.54, 1.807) is 43.3 Å². The van der Waals surface area contributed by atoms with Crippen molar-refractivity contribution in [2.45, 2.75) is 18.9 Å². The number of carbonyl (C=O) groups excluding carboxylic acids is 1.